The average molecular weight is 706 g/mol. The van der Waals surface area contributed by atoms with Crippen LogP contribution in [0.4, 0.5) is 5.69 Å². The summed E-state index contributed by atoms with van der Waals surface area (Å²) in [5.41, 5.74) is 2.76. The number of aromatic nitrogens is 3. The smallest absolute Gasteiger partial charge is 0.245 e. The second-order valence-corrected chi connectivity index (χ2v) is 14.5. The number of benzene rings is 3. The van der Waals surface area contributed by atoms with Gasteiger partial charge in [-0.15, -0.1) is 16.9 Å². The number of nitrogens with zero attached hydrogens (tertiary/aromatic N) is 4. The lowest BCUT2D eigenvalue weighted by Gasteiger charge is -2.37. The average Bonchev–Trinajstić information content (AvgIpc) is 3.79. The van der Waals surface area contributed by atoms with Crippen LogP contribution in [0.5, 0.6) is 5.75 Å². The second-order valence-electron chi connectivity index (χ2n) is 11.7. The number of alkyl halides is 1. The fourth-order valence-corrected chi connectivity index (χ4v) is 10.9. The number of aliphatic hydroxyl groups excluding tert-OH is 1. The number of thioether (sulfide) groups is 1. The normalized spacial score (nSPS) is 27.1. The maximum atomic E-state index is 14.6. The third kappa shape index (κ3) is 5.05. The van der Waals surface area contributed by atoms with Crippen molar-refractivity contribution in [3.05, 3.63) is 84.4 Å². The molecule has 3 saturated heterocycles. The molecule has 3 unspecified atom stereocenters. The second kappa shape index (κ2) is 12.3. The fourth-order valence-electron chi connectivity index (χ4n) is 7.34. The first-order valence-electron chi connectivity index (χ1n) is 15.3. The van der Waals surface area contributed by atoms with Crippen LogP contribution >= 0.6 is 27.7 Å². The lowest BCUT2D eigenvalue weighted by Crippen LogP contribution is -2.55. The molecule has 0 saturated carbocycles. The Hall–Kier alpha value is -3.94. The molecule has 4 aromatic rings. The molecule has 3 N–H and O–H groups in total. The van der Waals surface area contributed by atoms with Crippen molar-refractivity contribution in [2.24, 2.45) is 11.8 Å². The van der Waals surface area contributed by atoms with Gasteiger partial charge in [0, 0.05) is 15.8 Å². The Morgan fingerprint density at radius 3 is 2.57 bits per heavy atom. The quantitative estimate of drug-likeness (QED) is 0.212. The number of halogens is 1. The molecule has 1 spiro atoms. The van der Waals surface area contributed by atoms with E-state index >= 15 is 0 Å². The molecule has 13 heteroatoms. The summed E-state index contributed by atoms with van der Waals surface area (Å²) >= 11 is 5.35. The minimum absolute atomic E-state index is 0.0429. The Morgan fingerprint density at radius 2 is 1.83 bits per heavy atom. The molecular formula is C33H33BrN6O5S. The van der Waals surface area contributed by atoms with Crippen molar-refractivity contribution in [1.82, 2.24) is 25.2 Å². The molecule has 1 aromatic heterocycles. The number of likely N-dealkylation sites (tertiary alicyclic amines) is 1. The number of hydrogen-bond acceptors (Lipinski definition) is 8. The van der Waals surface area contributed by atoms with Gasteiger partial charge in [-0.25, -0.2) is 4.68 Å². The highest BCUT2D eigenvalue weighted by Crippen LogP contribution is 2.68. The van der Waals surface area contributed by atoms with Crippen LogP contribution in [0.25, 0.3) is 11.0 Å². The molecule has 7 atom stereocenters. The summed E-state index contributed by atoms with van der Waals surface area (Å²) in [6.07, 6.45) is 0.513. The zero-order valence-electron chi connectivity index (χ0n) is 25.0. The SMILES string of the molecule is CCOc1ccc(NC(=O)[C@H]2[C@@H]3SC4(CC3Br)C(C(=O)NCn3nnc5ccccc53)N([C@H](CO)c3ccccc3)C(=O)[C@H]24)cc1. The predicted octanol–water partition coefficient (Wildman–Crippen LogP) is 3.74. The largest absolute Gasteiger partial charge is 0.494 e. The monoisotopic (exact) mass is 704 g/mol. The fraction of sp³-hybridized carbons (Fsp3) is 0.364. The molecular weight excluding hydrogens is 672 g/mol. The number of fused-ring (bicyclic) bond motifs is 2. The molecule has 0 aliphatic carbocycles. The van der Waals surface area contributed by atoms with Crippen molar-refractivity contribution < 1.29 is 24.2 Å². The molecule has 0 radical (unpaired) electrons. The van der Waals surface area contributed by atoms with Gasteiger partial charge in [-0.2, -0.15) is 0 Å². The van der Waals surface area contributed by atoms with Crippen molar-refractivity contribution in [2.45, 2.75) is 46.9 Å². The Kier molecular flexibility index (Phi) is 8.24. The van der Waals surface area contributed by atoms with Crippen molar-refractivity contribution in [3.63, 3.8) is 0 Å². The highest BCUT2D eigenvalue weighted by molar-refractivity contribution is 9.09. The Morgan fingerprint density at radius 1 is 1.09 bits per heavy atom. The Bertz CT molecular complexity index is 1770. The number of hydrogen-bond donors (Lipinski definition) is 3. The molecule has 3 fully saturated rings. The molecule has 11 nitrogen and oxygen atoms in total. The zero-order chi connectivity index (χ0) is 32.0. The molecule has 3 aliphatic rings. The summed E-state index contributed by atoms with van der Waals surface area (Å²) in [7, 11) is 0. The van der Waals surface area contributed by atoms with Gasteiger partial charge in [0.1, 0.15) is 24.0 Å². The number of ether oxygens (including phenoxy) is 1. The summed E-state index contributed by atoms with van der Waals surface area (Å²) in [6, 6.07) is 22.1. The van der Waals surface area contributed by atoms with Crippen molar-refractivity contribution in [3.8, 4) is 5.75 Å². The van der Waals surface area contributed by atoms with Crippen LogP contribution in [0.2, 0.25) is 0 Å². The third-order valence-corrected chi connectivity index (χ3v) is 12.4. The van der Waals surface area contributed by atoms with Crippen LogP contribution in [-0.4, -0.2) is 76.8 Å². The summed E-state index contributed by atoms with van der Waals surface area (Å²) in [4.78, 5) is 44.5. The van der Waals surface area contributed by atoms with Crippen LogP contribution in [0.3, 0.4) is 0 Å². The molecule has 3 aliphatic heterocycles. The van der Waals surface area contributed by atoms with E-state index in [0.717, 1.165) is 5.52 Å². The molecule has 238 valence electrons. The van der Waals surface area contributed by atoms with Crippen molar-refractivity contribution >= 4 is 62.1 Å². The van der Waals surface area contributed by atoms with Gasteiger partial charge < -0.3 is 25.4 Å². The summed E-state index contributed by atoms with van der Waals surface area (Å²) in [6.45, 7) is 2.09. The van der Waals surface area contributed by atoms with E-state index in [9.17, 15) is 19.5 Å². The zero-order valence-corrected chi connectivity index (χ0v) is 27.4. The van der Waals surface area contributed by atoms with Crippen molar-refractivity contribution in [2.75, 3.05) is 18.5 Å². The van der Waals surface area contributed by atoms with Crippen LogP contribution in [0.1, 0.15) is 24.9 Å². The van der Waals surface area contributed by atoms with Gasteiger partial charge in [-0.05, 0) is 55.3 Å². The number of amides is 3. The van der Waals surface area contributed by atoms with E-state index in [-0.39, 0.29) is 41.1 Å². The standard InChI is InChI=1S/C33H33BrN6O5S/c1-2-45-21-14-12-20(13-15-21)36-30(42)26-27-32(44)40(25(17-41)19-8-4-3-5-9-19)29(33(27)16-22(34)28(26)46-33)31(43)35-18-39-24-11-7-6-10-23(24)37-38-39/h3-15,22,25-29,41H,2,16-18H2,1H3,(H,35,43)(H,36,42)/t22?,25-,26-,27+,28-,29?,33?/m1/s1. The number of carbonyl (C=O) groups excluding carboxylic acids is 3. The van der Waals surface area contributed by atoms with E-state index in [1.54, 1.807) is 28.9 Å². The van der Waals surface area contributed by atoms with Gasteiger partial charge in [0.2, 0.25) is 17.7 Å². The lowest BCUT2D eigenvalue weighted by atomic mass is 9.70. The van der Waals surface area contributed by atoms with Gasteiger partial charge in [-0.3, -0.25) is 14.4 Å². The highest BCUT2D eigenvalue weighted by Gasteiger charge is 2.76. The van der Waals surface area contributed by atoms with Crippen LogP contribution in [-0.2, 0) is 21.1 Å². The minimum Gasteiger partial charge on any atom is -0.494 e. The minimum atomic E-state index is -0.949. The Balaban J connectivity index is 1.23. The number of para-hydroxylation sites is 1. The van der Waals surface area contributed by atoms with Crippen LogP contribution in [0, 0.1) is 11.8 Å². The topological polar surface area (TPSA) is 139 Å². The molecule has 2 bridgehead atoms. The van der Waals surface area contributed by atoms with Crippen molar-refractivity contribution in [1.29, 1.82) is 0 Å². The molecule has 7 rings (SSSR count). The van der Waals surface area contributed by atoms with Gasteiger partial charge in [0.25, 0.3) is 0 Å². The summed E-state index contributed by atoms with van der Waals surface area (Å²) in [5.74, 6) is -1.72. The number of aliphatic hydroxyl groups is 1. The number of rotatable bonds is 10. The molecule has 3 aromatic carbocycles. The van der Waals surface area contributed by atoms with Crippen LogP contribution in [0.15, 0.2) is 78.9 Å². The number of anilines is 1. The molecule has 4 heterocycles. The predicted molar refractivity (Wildman–Crippen MR) is 177 cm³/mol. The van der Waals surface area contributed by atoms with E-state index in [1.807, 2.05) is 61.5 Å². The lowest BCUT2D eigenvalue weighted by molar-refractivity contribution is -0.142. The van der Waals surface area contributed by atoms with Crippen LogP contribution < -0.4 is 15.4 Å². The maximum Gasteiger partial charge on any atom is 0.245 e. The number of nitrogens with one attached hydrogen (secondary N) is 2. The number of carbonyl (C=O) groups is 3. The first-order chi connectivity index (χ1) is 22.4. The van der Waals surface area contributed by atoms with E-state index in [0.29, 0.717) is 35.5 Å². The van der Waals surface area contributed by atoms with E-state index in [4.69, 9.17) is 4.74 Å². The first kappa shape index (κ1) is 30.7. The summed E-state index contributed by atoms with van der Waals surface area (Å²) in [5, 5.41) is 24.9. The van der Waals surface area contributed by atoms with Gasteiger partial charge in [0.05, 0.1) is 41.4 Å². The van der Waals surface area contributed by atoms with Gasteiger partial charge in [0.15, 0.2) is 0 Å². The maximum absolute atomic E-state index is 14.6. The third-order valence-electron chi connectivity index (χ3n) is 9.23. The van der Waals surface area contributed by atoms with Gasteiger partial charge in [-0.1, -0.05) is 63.6 Å². The molecule has 3 amide bonds. The molecule has 46 heavy (non-hydrogen) atoms. The Labute approximate surface area is 278 Å². The van der Waals surface area contributed by atoms with Gasteiger partial charge >= 0.3 is 0 Å². The van der Waals surface area contributed by atoms with E-state index < -0.39 is 28.7 Å². The highest BCUT2D eigenvalue weighted by atomic mass is 79.9. The summed E-state index contributed by atoms with van der Waals surface area (Å²) < 4.78 is 6.24. The van der Waals surface area contributed by atoms with E-state index in [1.165, 1.54) is 16.7 Å². The first-order valence-corrected chi connectivity index (χ1v) is 17.1. The van der Waals surface area contributed by atoms with E-state index in [2.05, 4.69) is 36.9 Å².